The second-order valence-electron chi connectivity index (χ2n) is 5.69. The van der Waals surface area contributed by atoms with Crippen molar-refractivity contribution in [3.05, 3.63) is 29.8 Å². The first kappa shape index (κ1) is 13.4. The van der Waals surface area contributed by atoms with Crippen LogP contribution in [0.3, 0.4) is 0 Å². The molecule has 1 saturated carbocycles. The first-order chi connectivity index (χ1) is 8.65. The topological polar surface area (TPSA) is 21.3 Å². The van der Waals surface area contributed by atoms with Crippen LogP contribution in [0.1, 0.15) is 51.5 Å². The molecule has 0 radical (unpaired) electrons. The molecular weight excluding hydrogens is 222 g/mol. The number of rotatable bonds is 7. The second-order valence-corrected chi connectivity index (χ2v) is 5.69. The Morgan fingerprint density at radius 1 is 1.28 bits per heavy atom. The average Bonchev–Trinajstić information content (AvgIpc) is 3.13. The van der Waals surface area contributed by atoms with E-state index in [1.54, 1.807) is 0 Å². The summed E-state index contributed by atoms with van der Waals surface area (Å²) in [5.41, 5.74) is 1.39. The lowest BCUT2D eigenvalue weighted by Gasteiger charge is -2.15. The third-order valence-electron chi connectivity index (χ3n) is 3.38. The first-order valence-electron chi connectivity index (χ1n) is 7.15. The van der Waals surface area contributed by atoms with Crippen LogP contribution in [0.25, 0.3) is 0 Å². The average molecular weight is 247 g/mol. The molecular formula is C16H25NO. The number of benzene rings is 1. The Morgan fingerprint density at radius 2 is 2.06 bits per heavy atom. The van der Waals surface area contributed by atoms with Gasteiger partial charge in [-0.2, -0.15) is 0 Å². The third kappa shape index (κ3) is 4.34. The molecule has 2 heteroatoms. The van der Waals surface area contributed by atoms with Crippen LogP contribution in [0.4, 0.5) is 0 Å². The zero-order valence-corrected chi connectivity index (χ0v) is 11.8. The van der Waals surface area contributed by atoms with Crippen molar-refractivity contribution in [1.82, 2.24) is 5.32 Å². The molecule has 0 saturated heterocycles. The molecule has 2 nitrogen and oxygen atoms in total. The molecule has 1 N–H and O–H groups in total. The van der Waals surface area contributed by atoms with Crippen LogP contribution in [0.5, 0.6) is 5.75 Å². The van der Waals surface area contributed by atoms with Gasteiger partial charge in [0.05, 0.1) is 6.10 Å². The number of hydrogen-bond acceptors (Lipinski definition) is 2. The summed E-state index contributed by atoms with van der Waals surface area (Å²) in [4.78, 5) is 0. The molecule has 1 aromatic carbocycles. The molecule has 1 aromatic rings. The van der Waals surface area contributed by atoms with Crippen molar-refractivity contribution in [3.63, 3.8) is 0 Å². The van der Waals surface area contributed by atoms with Crippen LogP contribution in [-0.4, -0.2) is 18.7 Å². The summed E-state index contributed by atoms with van der Waals surface area (Å²) in [5, 5.41) is 3.47. The summed E-state index contributed by atoms with van der Waals surface area (Å²) in [7, 11) is 0. The van der Waals surface area contributed by atoms with Gasteiger partial charge in [-0.15, -0.1) is 0 Å². The standard InChI is InChI=1S/C16H25NO/c1-12(2)17-10-9-13(3)14-5-4-6-16(11-14)18-15-7-8-15/h4-6,11-13,15,17H,7-10H2,1-3H3. The first-order valence-corrected chi connectivity index (χ1v) is 7.15. The van der Waals surface area contributed by atoms with Gasteiger partial charge in [0.15, 0.2) is 0 Å². The van der Waals surface area contributed by atoms with Crippen molar-refractivity contribution in [2.24, 2.45) is 0 Å². The van der Waals surface area contributed by atoms with Crippen LogP contribution >= 0.6 is 0 Å². The highest BCUT2D eigenvalue weighted by Gasteiger charge is 2.23. The Bertz CT molecular complexity index is 371. The molecule has 1 atom stereocenters. The van der Waals surface area contributed by atoms with E-state index >= 15 is 0 Å². The van der Waals surface area contributed by atoms with E-state index in [0.717, 1.165) is 12.3 Å². The van der Waals surface area contributed by atoms with Gasteiger partial charge in [-0.1, -0.05) is 32.9 Å². The fourth-order valence-electron chi connectivity index (χ4n) is 2.03. The Hall–Kier alpha value is -1.02. The number of nitrogens with one attached hydrogen (secondary N) is 1. The summed E-state index contributed by atoms with van der Waals surface area (Å²) >= 11 is 0. The van der Waals surface area contributed by atoms with Gasteiger partial charge in [-0.05, 0) is 49.4 Å². The molecule has 1 fully saturated rings. The zero-order valence-electron chi connectivity index (χ0n) is 11.8. The molecule has 0 spiro atoms. The van der Waals surface area contributed by atoms with Crippen molar-refractivity contribution in [1.29, 1.82) is 0 Å². The van der Waals surface area contributed by atoms with E-state index in [9.17, 15) is 0 Å². The summed E-state index contributed by atoms with van der Waals surface area (Å²) < 4.78 is 5.84. The van der Waals surface area contributed by atoms with Crippen molar-refractivity contribution in [2.45, 2.75) is 58.1 Å². The molecule has 1 aliphatic rings. The highest BCUT2D eigenvalue weighted by molar-refractivity contribution is 5.31. The molecule has 100 valence electrons. The van der Waals surface area contributed by atoms with Crippen LogP contribution in [0, 0.1) is 0 Å². The van der Waals surface area contributed by atoms with Gasteiger partial charge in [0.25, 0.3) is 0 Å². The van der Waals surface area contributed by atoms with Gasteiger partial charge < -0.3 is 10.1 Å². The summed E-state index contributed by atoms with van der Waals surface area (Å²) in [6.45, 7) is 7.74. The molecule has 2 rings (SSSR count). The van der Waals surface area contributed by atoms with Crippen LogP contribution in [0.15, 0.2) is 24.3 Å². The molecule has 0 bridgehead atoms. The van der Waals surface area contributed by atoms with Gasteiger partial charge >= 0.3 is 0 Å². The third-order valence-corrected chi connectivity index (χ3v) is 3.38. The zero-order chi connectivity index (χ0) is 13.0. The normalized spacial score (nSPS) is 16.9. The lowest BCUT2D eigenvalue weighted by Crippen LogP contribution is -2.24. The van der Waals surface area contributed by atoms with Crippen molar-refractivity contribution in [3.8, 4) is 5.75 Å². The van der Waals surface area contributed by atoms with Gasteiger partial charge in [-0.3, -0.25) is 0 Å². The number of ether oxygens (including phenoxy) is 1. The smallest absolute Gasteiger partial charge is 0.119 e. The maximum Gasteiger partial charge on any atom is 0.119 e. The minimum Gasteiger partial charge on any atom is -0.490 e. The molecule has 18 heavy (non-hydrogen) atoms. The Balaban J connectivity index is 1.85. The van der Waals surface area contributed by atoms with Gasteiger partial charge in [0.1, 0.15) is 5.75 Å². The maximum absolute atomic E-state index is 5.84. The monoisotopic (exact) mass is 247 g/mol. The second kappa shape index (κ2) is 6.24. The van der Waals surface area contributed by atoms with E-state index < -0.39 is 0 Å². The van der Waals surface area contributed by atoms with Crippen molar-refractivity contribution >= 4 is 0 Å². The molecule has 0 heterocycles. The van der Waals surface area contributed by atoms with Gasteiger partial charge in [-0.25, -0.2) is 0 Å². The predicted molar refractivity (Wildman–Crippen MR) is 76.3 cm³/mol. The predicted octanol–water partition coefficient (Wildman–Crippen LogP) is 3.72. The largest absolute Gasteiger partial charge is 0.490 e. The van der Waals surface area contributed by atoms with E-state index in [0.29, 0.717) is 18.1 Å². The SMILES string of the molecule is CC(C)NCCC(C)c1cccc(OC2CC2)c1. The highest BCUT2D eigenvalue weighted by atomic mass is 16.5. The van der Waals surface area contributed by atoms with Crippen LogP contribution < -0.4 is 10.1 Å². The highest BCUT2D eigenvalue weighted by Crippen LogP contribution is 2.29. The Morgan fingerprint density at radius 3 is 2.72 bits per heavy atom. The molecule has 1 unspecified atom stereocenters. The van der Waals surface area contributed by atoms with Gasteiger partial charge in [0, 0.05) is 6.04 Å². The van der Waals surface area contributed by atoms with Crippen molar-refractivity contribution in [2.75, 3.05) is 6.54 Å². The van der Waals surface area contributed by atoms with Crippen LogP contribution in [0.2, 0.25) is 0 Å². The summed E-state index contributed by atoms with van der Waals surface area (Å²) in [6, 6.07) is 9.17. The van der Waals surface area contributed by atoms with Crippen LogP contribution in [-0.2, 0) is 0 Å². The lowest BCUT2D eigenvalue weighted by atomic mass is 9.97. The Labute approximate surface area is 111 Å². The molecule has 1 aliphatic carbocycles. The maximum atomic E-state index is 5.84. The van der Waals surface area contributed by atoms with Gasteiger partial charge in [0.2, 0.25) is 0 Å². The Kier molecular flexibility index (Phi) is 4.65. The fraction of sp³-hybridized carbons (Fsp3) is 0.625. The van der Waals surface area contributed by atoms with E-state index in [-0.39, 0.29) is 0 Å². The van der Waals surface area contributed by atoms with Crippen molar-refractivity contribution < 1.29 is 4.74 Å². The van der Waals surface area contributed by atoms with E-state index in [1.165, 1.54) is 24.8 Å². The summed E-state index contributed by atoms with van der Waals surface area (Å²) in [6.07, 6.45) is 4.10. The minimum atomic E-state index is 0.484. The van der Waals surface area contributed by atoms with E-state index in [1.807, 2.05) is 0 Å². The van der Waals surface area contributed by atoms with E-state index in [2.05, 4.69) is 50.4 Å². The van der Waals surface area contributed by atoms with E-state index in [4.69, 9.17) is 4.74 Å². The molecule has 0 aromatic heterocycles. The molecule has 0 amide bonds. The lowest BCUT2D eigenvalue weighted by molar-refractivity contribution is 0.302. The summed E-state index contributed by atoms with van der Waals surface area (Å²) in [5.74, 6) is 1.62. The quantitative estimate of drug-likeness (QED) is 0.793. The number of hydrogen-bond donors (Lipinski definition) is 1. The fourth-order valence-corrected chi connectivity index (χ4v) is 2.03. The minimum absolute atomic E-state index is 0.484. The molecule has 0 aliphatic heterocycles.